The van der Waals surface area contributed by atoms with E-state index in [1.807, 2.05) is 79.0 Å². The highest BCUT2D eigenvalue weighted by Crippen LogP contribution is 2.27. The Hall–Kier alpha value is -3.57. The van der Waals surface area contributed by atoms with Crippen LogP contribution in [0.3, 0.4) is 0 Å². The van der Waals surface area contributed by atoms with Crippen LogP contribution in [0.15, 0.2) is 79.0 Å². The van der Waals surface area contributed by atoms with E-state index in [1.165, 1.54) is 0 Å². The van der Waals surface area contributed by atoms with Crippen molar-refractivity contribution in [1.82, 2.24) is 4.98 Å². The molecule has 0 bridgehead atoms. The van der Waals surface area contributed by atoms with Crippen molar-refractivity contribution < 1.29 is 19.6 Å². The van der Waals surface area contributed by atoms with Crippen molar-refractivity contribution in [2.75, 3.05) is 20.8 Å². The lowest BCUT2D eigenvalue weighted by Gasteiger charge is -2.15. The Morgan fingerprint density at radius 1 is 0.935 bits per heavy atom. The Labute approximate surface area is 182 Å². The van der Waals surface area contributed by atoms with Gasteiger partial charge in [-0.3, -0.25) is 4.79 Å². The molecule has 158 valence electrons. The van der Waals surface area contributed by atoms with Gasteiger partial charge in [-0.2, -0.15) is 0 Å². The van der Waals surface area contributed by atoms with Crippen molar-refractivity contribution in [2.24, 2.45) is 0 Å². The van der Waals surface area contributed by atoms with Crippen LogP contribution in [-0.2, 0) is 6.42 Å². The number of nitrogens with two attached hydrogens (primary N) is 1. The van der Waals surface area contributed by atoms with Gasteiger partial charge in [0.05, 0.1) is 20.8 Å². The van der Waals surface area contributed by atoms with Gasteiger partial charge >= 0.3 is 0 Å². The summed E-state index contributed by atoms with van der Waals surface area (Å²) in [6.45, 7) is 0.767. The third kappa shape index (κ3) is 4.47. The fraction of sp³-hybridized carbons (Fsp3) is 0.192. The topological polar surface area (TPSA) is 67.9 Å². The number of fused-ring (bicyclic) bond motifs is 1. The molecule has 0 aliphatic heterocycles. The van der Waals surface area contributed by atoms with E-state index in [2.05, 4.69) is 10.3 Å². The van der Waals surface area contributed by atoms with E-state index in [0.717, 1.165) is 46.3 Å². The van der Waals surface area contributed by atoms with Crippen LogP contribution in [0.25, 0.3) is 10.9 Å². The van der Waals surface area contributed by atoms with Crippen molar-refractivity contribution >= 4 is 16.7 Å². The number of rotatable bonds is 9. The summed E-state index contributed by atoms with van der Waals surface area (Å²) in [6.07, 6.45) is 2.63. The zero-order valence-electron chi connectivity index (χ0n) is 17.8. The molecule has 1 aromatic heterocycles. The number of Topliss-reactive ketones (excluding diaryl/α,β-unsaturated/α-hetero) is 1. The molecule has 0 saturated heterocycles. The van der Waals surface area contributed by atoms with E-state index in [0.29, 0.717) is 5.75 Å². The van der Waals surface area contributed by atoms with E-state index in [9.17, 15) is 4.79 Å². The van der Waals surface area contributed by atoms with E-state index >= 15 is 0 Å². The summed E-state index contributed by atoms with van der Waals surface area (Å²) in [6, 6.07) is 23.5. The van der Waals surface area contributed by atoms with E-state index in [4.69, 9.17) is 9.47 Å². The quantitative estimate of drug-likeness (QED) is 0.407. The second-order valence-electron chi connectivity index (χ2n) is 7.46. The molecule has 5 heteroatoms. The zero-order valence-corrected chi connectivity index (χ0v) is 17.8. The normalized spacial score (nSPS) is 11.9. The first kappa shape index (κ1) is 20.7. The molecular weight excluding hydrogens is 388 g/mol. The zero-order chi connectivity index (χ0) is 21.6. The predicted molar refractivity (Wildman–Crippen MR) is 122 cm³/mol. The second kappa shape index (κ2) is 9.49. The summed E-state index contributed by atoms with van der Waals surface area (Å²) in [7, 11) is 3.27. The molecule has 0 saturated carbocycles. The minimum atomic E-state index is -0.305. The van der Waals surface area contributed by atoms with E-state index < -0.39 is 0 Å². The van der Waals surface area contributed by atoms with Crippen molar-refractivity contribution in [3.63, 3.8) is 0 Å². The number of hydrogen-bond donors (Lipinski definition) is 2. The molecule has 0 fully saturated rings. The number of hydrogen-bond acceptors (Lipinski definition) is 3. The van der Waals surface area contributed by atoms with Crippen LogP contribution >= 0.6 is 0 Å². The molecular formula is C26H27N2O3+. The lowest BCUT2D eigenvalue weighted by atomic mass is 9.96. The molecule has 0 unspecified atom stereocenters. The first-order chi connectivity index (χ1) is 15.2. The van der Waals surface area contributed by atoms with Crippen LogP contribution in [0.5, 0.6) is 11.5 Å². The van der Waals surface area contributed by atoms with Gasteiger partial charge < -0.3 is 19.8 Å². The molecule has 1 atom stereocenters. The van der Waals surface area contributed by atoms with Crippen LogP contribution in [0.1, 0.15) is 27.5 Å². The van der Waals surface area contributed by atoms with Gasteiger partial charge in [-0.25, -0.2) is 0 Å². The Morgan fingerprint density at radius 3 is 2.45 bits per heavy atom. The Morgan fingerprint density at radius 2 is 1.68 bits per heavy atom. The molecule has 0 aliphatic rings. The van der Waals surface area contributed by atoms with Crippen molar-refractivity contribution in [2.45, 2.75) is 12.5 Å². The molecule has 3 N–H and O–H groups in total. The molecule has 0 spiro atoms. The number of aromatic amines is 1. The number of nitrogens with one attached hydrogen (secondary N) is 1. The van der Waals surface area contributed by atoms with Crippen LogP contribution in [0, 0.1) is 0 Å². The van der Waals surface area contributed by atoms with Gasteiger partial charge in [0.2, 0.25) is 5.78 Å². The lowest BCUT2D eigenvalue weighted by molar-refractivity contribution is -0.681. The Balaban J connectivity index is 1.55. The summed E-state index contributed by atoms with van der Waals surface area (Å²) in [5.41, 5.74) is 3.85. The maximum Gasteiger partial charge on any atom is 0.226 e. The number of carbonyl (C=O) groups excluding carboxylic acids is 1. The van der Waals surface area contributed by atoms with E-state index in [1.54, 1.807) is 14.2 Å². The van der Waals surface area contributed by atoms with Crippen LogP contribution in [0.4, 0.5) is 0 Å². The number of methoxy groups -OCH3 is 2. The highest BCUT2D eigenvalue weighted by Gasteiger charge is 2.27. The highest BCUT2D eigenvalue weighted by atomic mass is 16.5. The van der Waals surface area contributed by atoms with Crippen LogP contribution in [-0.4, -0.2) is 31.5 Å². The number of H-pyrrole nitrogens is 1. The Kier molecular flexibility index (Phi) is 6.34. The number of para-hydroxylation sites is 1. The average molecular weight is 416 g/mol. The van der Waals surface area contributed by atoms with Crippen molar-refractivity contribution in [1.29, 1.82) is 0 Å². The number of benzene rings is 3. The second-order valence-corrected chi connectivity index (χ2v) is 7.46. The molecule has 0 radical (unpaired) electrons. The summed E-state index contributed by atoms with van der Waals surface area (Å²) in [5, 5.41) is 3.08. The molecule has 4 rings (SSSR count). The van der Waals surface area contributed by atoms with Crippen molar-refractivity contribution in [3.05, 3.63) is 95.7 Å². The van der Waals surface area contributed by atoms with Gasteiger partial charge in [0, 0.05) is 34.6 Å². The lowest BCUT2D eigenvalue weighted by Crippen LogP contribution is -2.87. The number of carbonyl (C=O) groups is 1. The molecule has 0 amide bonds. The minimum Gasteiger partial charge on any atom is -0.493 e. The number of quaternary nitrogens is 1. The fourth-order valence-electron chi connectivity index (χ4n) is 3.95. The van der Waals surface area contributed by atoms with Crippen molar-refractivity contribution in [3.8, 4) is 11.5 Å². The third-order valence-electron chi connectivity index (χ3n) is 5.58. The van der Waals surface area contributed by atoms with Gasteiger partial charge in [0.15, 0.2) is 17.5 Å². The maximum atomic E-state index is 13.6. The highest BCUT2D eigenvalue weighted by molar-refractivity contribution is 6.09. The summed E-state index contributed by atoms with van der Waals surface area (Å²) in [4.78, 5) is 16.8. The maximum absolute atomic E-state index is 13.6. The Bertz CT molecular complexity index is 1170. The summed E-state index contributed by atoms with van der Waals surface area (Å²) >= 11 is 0. The molecule has 31 heavy (non-hydrogen) atoms. The average Bonchev–Trinajstić information content (AvgIpc) is 3.26. The minimum absolute atomic E-state index is 0.107. The number of ether oxygens (including phenoxy) is 2. The molecule has 3 aromatic carbocycles. The number of ketones is 1. The third-order valence-corrected chi connectivity index (χ3v) is 5.58. The van der Waals surface area contributed by atoms with Gasteiger partial charge in [0.1, 0.15) is 0 Å². The smallest absolute Gasteiger partial charge is 0.226 e. The van der Waals surface area contributed by atoms with Gasteiger partial charge in [-0.05, 0) is 23.8 Å². The monoisotopic (exact) mass is 415 g/mol. The summed E-state index contributed by atoms with van der Waals surface area (Å²) in [5.74, 6) is 1.54. The van der Waals surface area contributed by atoms with E-state index in [-0.39, 0.29) is 11.8 Å². The fourth-order valence-corrected chi connectivity index (χ4v) is 3.95. The predicted octanol–water partition coefficient (Wildman–Crippen LogP) is 3.92. The number of aromatic nitrogens is 1. The largest absolute Gasteiger partial charge is 0.493 e. The van der Waals surface area contributed by atoms with Crippen LogP contribution in [0.2, 0.25) is 0 Å². The molecule has 4 aromatic rings. The standard InChI is InChI=1S/C26H26N2O3/c1-30-23-13-12-18(16-24(23)31-2)14-15-27-25(19-8-4-3-5-9-19)26(29)21-17-28-22-11-7-6-10-20(21)22/h3-13,16-17,25,27-28H,14-15H2,1-2H3/p+1/t25-/m0/s1. The van der Waals surface area contributed by atoms with Gasteiger partial charge in [-0.15, -0.1) is 0 Å². The first-order valence-corrected chi connectivity index (χ1v) is 10.4. The molecule has 5 nitrogen and oxygen atoms in total. The SMILES string of the molecule is COc1ccc(CC[NH2+][C@H](C(=O)c2c[nH]c3ccccc23)c2ccccc2)cc1OC. The van der Waals surface area contributed by atoms with Crippen LogP contribution < -0.4 is 14.8 Å². The van der Waals surface area contributed by atoms with Gasteiger partial charge in [-0.1, -0.05) is 54.6 Å². The summed E-state index contributed by atoms with van der Waals surface area (Å²) < 4.78 is 10.7. The van der Waals surface area contributed by atoms with Gasteiger partial charge in [0.25, 0.3) is 0 Å². The molecule has 1 heterocycles. The first-order valence-electron chi connectivity index (χ1n) is 10.4. The molecule has 0 aliphatic carbocycles.